The van der Waals surface area contributed by atoms with Crippen LogP contribution in [0.4, 0.5) is 4.39 Å². The molecule has 0 spiro atoms. The Balaban J connectivity index is 2.21. The number of benzene rings is 1. The number of hydrogen-bond acceptors (Lipinski definition) is 6. The van der Waals surface area contributed by atoms with Gasteiger partial charge in [0.2, 0.25) is 15.8 Å². The quantitative estimate of drug-likeness (QED) is 0.504. The lowest BCUT2D eigenvalue weighted by atomic mass is 10.2. The molecule has 140 valence electrons. The highest BCUT2D eigenvalue weighted by molar-refractivity contribution is 7.89. The number of carbonyl (C=O) groups excluding carboxylic acids is 2. The predicted molar refractivity (Wildman–Crippen MR) is 95.4 cm³/mol. The molecule has 6 nitrogen and oxygen atoms in total. The Hall–Kier alpha value is -2.10. The molecule has 0 aliphatic rings. The van der Waals surface area contributed by atoms with Crippen molar-refractivity contribution >= 4 is 33.1 Å². The second-order valence-corrected chi connectivity index (χ2v) is 8.09. The number of thiophene rings is 1. The van der Waals surface area contributed by atoms with Gasteiger partial charge < -0.3 is 4.74 Å². The van der Waals surface area contributed by atoms with E-state index in [0.717, 1.165) is 18.2 Å². The van der Waals surface area contributed by atoms with E-state index < -0.39 is 39.8 Å². The van der Waals surface area contributed by atoms with Crippen molar-refractivity contribution in [1.82, 2.24) is 4.31 Å². The SMILES string of the molecule is CCN(CC)S(=O)(=O)c1ccc(F)c(C(=O)OCC(=O)c2cccs2)c1. The molecule has 0 amide bonds. The number of hydrogen-bond donors (Lipinski definition) is 0. The van der Waals surface area contributed by atoms with Crippen LogP contribution < -0.4 is 0 Å². The summed E-state index contributed by atoms with van der Waals surface area (Å²) >= 11 is 1.20. The molecule has 1 aromatic carbocycles. The third-order valence-electron chi connectivity index (χ3n) is 3.63. The maximum absolute atomic E-state index is 14.0. The molecule has 0 N–H and O–H groups in total. The fraction of sp³-hybridized carbons (Fsp3) is 0.294. The normalized spacial score (nSPS) is 11.5. The number of esters is 1. The van der Waals surface area contributed by atoms with Gasteiger partial charge in [0.25, 0.3) is 0 Å². The van der Waals surface area contributed by atoms with Crippen molar-refractivity contribution in [1.29, 1.82) is 0 Å². The van der Waals surface area contributed by atoms with Crippen LogP contribution >= 0.6 is 11.3 Å². The molecule has 0 atom stereocenters. The zero-order valence-corrected chi connectivity index (χ0v) is 15.9. The van der Waals surface area contributed by atoms with Crippen LogP contribution in [0.25, 0.3) is 0 Å². The Morgan fingerprint density at radius 1 is 1.19 bits per heavy atom. The first-order valence-electron chi connectivity index (χ1n) is 7.84. The molecular formula is C17H18FNO5S2. The van der Waals surface area contributed by atoms with E-state index in [1.54, 1.807) is 31.4 Å². The van der Waals surface area contributed by atoms with Crippen LogP contribution in [0, 0.1) is 5.82 Å². The van der Waals surface area contributed by atoms with E-state index in [1.165, 1.54) is 15.6 Å². The molecule has 0 bridgehead atoms. The molecule has 0 aliphatic heterocycles. The third kappa shape index (κ3) is 4.35. The van der Waals surface area contributed by atoms with Crippen molar-refractivity contribution in [3.63, 3.8) is 0 Å². The smallest absolute Gasteiger partial charge is 0.341 e. The monoisotopic (exact) mass is 399 g/mol. The van der Waals surface area contributed by atoms with Gasteiger partial charge in [-0.25, -0.2) is 17.6 Å². The minimum Gasteiger partial charge on any atom is -0.454 e. The maximum atomic E-state index is 14.0. The molecule has 9 heteroatoms. The maximum Gasteiger partial charge on any atom is 0.341 e. The molecule has 26 heavy (non-hydrogen) atoms. The van der Waals surface area contributed by atoms with Crippen LogP contribution in [-0.4, -0.2) is 44.2 Å². The number of Topliss-reactive ketones (excluding diaryl/α,β-unsaturated/α-hetero) is 1. The summed E-state index contributed by atoms with van der Waals surface area (Å²) < 4.78 is 45.0. The van der Waals surface area contributed by atoms with E-state index in [-0.39, 0.29) is 18.0 Å². The lowest BCUT2D eigenvalue weighted by Gasteiger charge is -2.18. The van der Waals surface area contributed by atoms with Crippen molar-refractivity contribution < 1.29 is 27.1 Å². The van der Waals surface area contributed by atoms with Crippen molar-refractivity contribution in [2.45, 2.75) is 18.7 Å². The number of ether oxygens (including phenoxy) is 1. The Kier molecular flexibility index (Phi) is 6.63. The third-order valence-corrected chi connectivity index (χ3v) is 6.59. The van der Waals surface area contributed by atoms with E-state index >= 15 is 0 Å². The first-order chi connectivity index (χ1) is 12.3. The molecule has 0 saturated heterocycles. The Labute approximate surface area is 155 Å². The first-order valence-corrected chi connectivity index (χ1v) is 10.2. The van der Waals surface area contributed by atoms with Gasteiger partial charge in [-0.15, -0.1) is 11.3 Å². The molecule has 0 fully saturated rings. The summed E-state index contributed by atoms with van der Waals surface area (Å²) in [6, 6.07) is 6.19. The molecule has 0 aliphatic carbocycles. The average molecular weight is 399 g/mol. The Morgan fingerprint density at radius 2 is 1.88 bits per heavy atom. The topological polar surface area (TPSA) is 80.8 Å². The second-order valence-electron chi connectivity index (χ2n) is 5.21. The Morgan fingerprint density at radius 3 is 2.46 bits per heavy atom. The molecular weight excluding hydrogens is 381 g/mol. The van der Waals surface area contributed by atoms with Gasteiger partial charge in [0.15, 0.2) is 6.61 Å². The van der Waals surface area contributed by atoms with Crippen molar-refractivity contribution in [2.75, 3.05) is 19.7 Å². The zero-order chi connectivity index (χ0) is 19.3. The number of carbonyl (C=O) groups is 2. The van der Waals surface area contributed by atoms with E-state index in [1.807, 2.05) is 0 Å². The van der Waals surface area contributed by atoms with Gasteiger partial charge in [-0.1, -0.05) is 19.9 Å². The molecule has 2 rings (SSSR count). The van der Waals surface area contributed by atoms with Crippen LogP contribution in [0.5, 0.6) is 0 Å². The van der Waals surface area contributed by atoms with Gasteiger partial charge in [0, 0.05) is 13.1 Å². The van der Waals surface area contributed by atoms with Gasteiger partial charge >= 0.3 is 5.97 Å². The standard InChI is InChI=1S/C17H18FNO5S2/c1-3-19(4-2)26(22,23)12-7-8-14(18)13(10-12)17(21)24-11-15(20)16-6-5-9-25-16/h5-10H,3-4,11H2,1-2H3. The number of nitrogens with zero attached hydrogens (tertiary/aromatic N) is 1. The fourth-order valence-electron chi connectivity index (χ4n) is 2.25. The van der Waals surface area contributed by atoms with E-state index in [4.69, 9.17) is 4.74 Å². The van der Waals surface area contributed by atoms with Crippen LogP contribution in [0.15, 0.2) is 40.6 Å². The minimum absolute atomic E-state index is 0.209. The number of halogens is 1. The van der Waals surface area contributed by atoms with E-state index in [2.05, 4.69) is 0 Å². The largest absolute Gasteiger partial charge is 0.454 e. The minimum atomic E-state index is -3.85. The summed E-state index contributed by atoms with van der Waals surface area (Å²) in [6.45, 7) is 3.29. The van der Waals surface area contributed by atoms with Gasteiger partial charge in [0.1, 0.15) is 5.82 Å². The average Bonchev–Trinajstić information content (AvgIpc) is 3.15. The van der Waals surface area contributed by atoms with Crippen LogP contribution in [0.2, 0.25) is 0 Å². The molecule has 0 saturated carbocycles. The van der Waals surface area contributed by atoms with Crippen molar-refractivity contribution in [3.05, 3.63) is 52.0 Å². The molecule has 0 radical (unpaired) electrons. The van der Waals surface area contributed by atoms with Crippen LogP contribution in [-0.2, 0) is 14.8 Å². The molecule has 1 aromatic heterocycles. The summed E-state index contributed by atoms with van der Waals surface area (Å²) in [5.41, 5.74) is -0.530. The predicted octanol–water partition coefficient (Wildman–Crippen LogP) is 2.96. The van der Waals surface area contributed by atoms with E-state index in [0.29, 0.717) is 4.88 Å². The van der Waals surface area contributed by atoms with Gasteiger partial charge in [-0.3, -0.25) is 4.79 Å². The summed E-state index contributed by atoms with van der Waals surface area (Å²) in [5.74, 6) is -2.43. The van der Waals surface area contributed by atoms with Gasteiger partial charge in [-0.05, 0) is 29.6 Å². The number of rotatable bonds is 8. The zero-order valence-electron chi connectivity index (χ0n) is 14.3. The number of ketones is 1. The lowest BCUT2D eigenvalue weighted by molar-refractivity contribution is 0.0471. The van der Waals surface area contributed by atoms with Crippen molar-refractivity contribution in [2.24, 2.45) is 0 Å². The molecule has 2 aromatic rings. The highest BCUT2D eigenvalue weighted by Gasteiger charge is 2.25. The van der Waals surface area contributed by atoms with Crippen LogP contribution in [0.3, 0.4) is 0 Å². The van der Waals surface area contributed by atoms with Gasteiger partial charge in [-0.2, -0.15) is 4.31 Å². The summed E-state index contributed by atoms with van der Waals surface area (Å²) in [7, 11) is -3.85. The second kappa shape index (κ2) is 8.52. The lowest BCUT2D eigenvalue weighted by Crippen LogP contribution is -2.30. The molecule has 1 heterocycles. The molecule has 0 unspecified atom stereocenters. The summed E-state index contributed by atoms with van der Waals surface area (Å²) in [4.78, 5) is 24.2. The summed E-state index contributed by atoms with van der Waals surface area (Å²) in [6.07, 6.45) is 0. The first kappa shape index (κ1) is 20.2. The van der Waals surface area contributed by atoms with Crippen LogP contribution in [0.1, 0.15) is 33.9 Å². The fourth-order valence-corrected chi connectivity index (χ4v) is 4.39. The number of sulfonamides is 1. The Bertz CT molecular complexity index is 890. The summed E-state index contributed by atoms with van der Waals surface area (Å²) in [5, 5.41) is 1.70. The van der Waals surface area contributed by atoms with E-state index in [9.17, 15) is 22.4 Å². The highest BCUT2D eigenvalue weighted by Crippen LogP contribution is 2.20. The highest BCUT2D eigenvalue weighted by atomic mass is 32.2. The van der Waals surface area contributed by atoms with Crippen molar-refractivity contribution in [3.8, 4) is 0 Å². The van der Waals surface area contributed by atoms with Gasteiger partial charge in [0.05, 0.1) is 15.3 Å².